The molecular formula is C15H17BrN2O3. The highest BCUT2D eigenvalue weighted by atomic mass is 79.9. The van der Waals surface area contributed by atoms with Gasteiger partial charge in [0, 0.05) is 10.2 Å². The summed E-state index contributed by atoms with van der Waals surface area (Å²) in [5.41, 5.74) is 1.79. The third kappa shape index (κ3) is 3.64. The highest BCUT2D eigenvalue weighted by Gasteiger charge is 2.31. The number of nitrogens with one attached hydrogen (secondary N) is 2. The van der Waals surface area contributed by atoms with E-state index in [0.717, 1.165) is 16.5 Å². The van der Waals surface area contributed by atoms with Crippen LogP contribution in [0.4, 0.5) is 4.79 Å². The van der Waals surface area contributed by atoms with Crippen LogP contribution in [0.5, 0.6) is 0 Å². The van der Waals surface area contributed by atoms with Gasteiger partial charge in [-0.05, 0) is 31.0 Å². The molecule has 6 heteroatoms. The van der Waals surface area contributed by atoms with E-state index in [1.807, 2.05) is 31.2 Å². The molecule has 0 saturated heterocycles. The highest BCUT2D eigenvalue weighted by Crippen LogP contribution is 2.28. The lowest BCUT2D eigenvalue weighted by molar-refractivity contribution is -0.139. The summed E-state index contributed by atoms with van der Waals surface area (Å²) in [7, 11) is 0. The van der Waals surface area contributed by atoms with Crippen LogP contribution in [0, 0.1) is 0 Å². The molecule has 1 aromatic carbocycles. The number of amides is 2. The van der Waals surface area contributed by atoms with Crippen LogP contribution < -0.4 is 10.6 Å². The minimum atomic E-state index is -0.504. The van der Waals surface area contributed by atoms with E-state index in [1.165, 1.54) is 0 Å². The van der Waals surface area contributed by atoms with Gasteiger partial charge in [0.1, 0.15) is 0 Å². The van der Waals surface area contributed by atoms with Gasteiger partial charge < -0.3 is 15.4 Å². The lowest BCUT2D eigenvalue weighted by Gasteiger charge is -2.28. The van der Waals surface area contributed by atoms with Gasteiger partial charge in [-0.15, -0.1) is 0 Å². The molecule has 0 unspecified atom stereocenters. The molecule has 0 aliphatic carbocycles. The van der Waals surface area contributed by atoms with Gasteiger partial charge in [-0.2, -0.15) is 0 Å². The molecule has 1 aliphatic rings. The Balaban J connectivity index is 2.35. The molecule has 0 fully saturated rings. The van der Waals surface area contributed by atoms with Gasteiger partial charge in [0.25, 0.3) is 0 Å². The average Bonchev–Trinajstić information content (AvgIpc) is 2.44. The van der Waals surface area contributed by atoms with E-state index in [4.69, 9.17) is 4.74 Å². The van der Waals surface area contributed by atoms with E-state index in [-0.39, 0.29) is 6.03 Å². The minimum Gasteiger partial charge on any atom is -0.462 e. The number of rotatable bonds is 4. The SMILES string of the molecule is CCCOC(=O)C1=C(C)NC(=O)N[C@@H]1c1ccc(Br)cc1. The van der Waals surface area contributed by atoms with Crippen molar-refractivity contribution in [2.45, 2.75) is 26.3 Å². The highest BCUT2D eigenvalue weighted by molar-refractivity contribution is 9.10. The molecule has 0 spiro atoms. The molecule has 1 atom stereocenters. The summed E-state index contributed by atoms with van der Waals surface area (Å²) in [6, 6.07) is 6.63. The molecule has 1 heterocycles. The lowest BCUT2D eigenvalue weighted by atomic mass is 9.96. The molecular weight excluding hydrogens is 336 g/mol. The van der Waals surface area contributed by atoms with Gasteiger partial charge >= 0.3 is 12.0 Å². The fourth-order valence-electron chi connectivity index (χ4n) is 2.14. The van der Waals surface area contributed by atoms with Crippen molar-refractivity contribution >= 4 is 27.9 Å². The van der Waals surface area contributed by atoms with Crippen molar-refractivity contribution in [3.8, 4) is 0 Å². The summed E-state index contributed by atoms with van der Waals surface area (Å²) >= 11 is 3.37. The second-order valence-corrected chi connectivity index (χ2v) is 5.67. The molecule has 1 aliphatic heterocycles. The van der Waals surface area contributed by atoms with Crippen molar-refractivity contribution in [2.24, 2.45) is 0 Å². The van der Waals surface area contributed by atoms with Crippen LogP contribution in [-0.4, -0.2) is 18.6 Å². The lowest BCUT2D eigenvalue weighted by Crippen LogP contribution is -2.45. The summed E-state index contributed by atoms with van der Waals surface area (Å²) in [5, 5.41) is 5.38. The molecule has 5 nitrogen and oxygen atoms in total. The Morgan fingerprint density at radius 1 is 1.33 bits per heavy atom. The van der Waals surface area contributed by atoms with E-state index in [1.54, 1.807) is 6.92 Å². The number of hydrogen-bond donors (Lipinski definition) is 2. The average molecular weight is 353 g/mol. The summed E-state index contributed by atoms with van der Waals surface area (Å²) in [6.07, 6.45) is 0.751. The number of esters is 1. The molecule has 2 amide bonds. The summed E-state index contributed by atoms with van der Waals surface area (Å²) in [5.74, 6) is -0.408. The number of hydrogen-bond acceptors (Lipinski definition) is 3. The zero-order valence-electron chi connectivity index (χ0n) is 11.9. The van der Waals surface area contributed by atoms with Gasteiger partial charge in [0.05, 0.1) is 18.2 Å². The molecule has 0 aromatic heterocycles. The summed E-state index contributed by atoms with van der Waals surface area (Å²) in [6.45, 7) is 3.99. The van der Waals surface area contributed by atoms with Crippen molar-refractivity contribution < 1.29 is 14.3 Å². The first-order valence-corrected chi connectivity index (χ1v) is 7.53. The minimum absolute atomic E-state index is 0.326. The Morgan fingerprint density at radius 2 is 2.00 bits per heavy atom. The Labute approximate surface area is 131 Å². The smallest absolute Gasteiger partial charge is 0.338 e. The van der Waals surface area contributed by atoms with E-state index >= 15 is 0 Å². The quantitative estimate of drug-likeness (QED) is 0.818. The second-order valence-electron chi connectivity index (χ2n) is 4.76. The monoisotopic (exact) mass is 352 g/mol. The van der Waals surface area contributed by atoms with Crippen LogP contribution in [0.15, 0.2) is 40.0 Å². The third-order valence-electron chi connectivity index (χ3n) is 3.13. The molecule has 2 rings (SSSR count). The molecule has 0 saturated carbocycles. The topological polar surface area (TPSA) is 67.4 Å². The molecule has 0 radical (unpaired) electrons. The first kappa shape index (κ1) is 15.6. The Bertz CT molecular complexity index is 581. The van der Waals surface area contributed by atoms with E-state index in [0.29, 0.717) is 17.9 Å². The van der Waals surface area contributed by atoms with Crippen molar-refractivity contribution in [3.05, 3.63) is 45.6 Å². The number of ether oxygens (including phenoxy) is 1. The summed E-state index contributed by atoms with van der Waals surface area (Å²) in [4.78, 5) is 23.9. The number of carbonyl (C=O) groups is 2. The Kier molecular flexibility index (Phi) is 5.01. The number of urea groups is 1. The number of allylic oxidation sites excluding steroid dienone is 1. The van der Waals surface area contributed by atoms with Gasteiger partial charge in [-0.25, -0.2) is 9.59 Å². The van der Waals surface area contributed by atoms with Crippen LogP contribution >= 0.6 is 15.9 Å². The fraction of sp³-hybridized carbons (Fsp3) is 0.333. The van der Waals surface area contributed by atoms with Crippen molar-refractivity contribution in [1.29, 1.82) is 0 Å². The predicted molar refractivity (Wildman–Crippen MR) is 82.5 cm³/mol. The Hall–Kier alpha value is -1.82. The van der Waals surface area contributed by atoms with Crippen LogP contribution in [0.1, 0.15) is 31.9 Å². The third-order valence-corrected chi connectivity index (χ3v) is 3.66. The normalized spacial score (nSPS) is 18.0. The van der Waals surface area contributed by atoms with Gasteiger partial charge in [-0.3, -0.25) is 0 Å². The first-order chi connectivity index (χ1) is 10.0. The van der Waals surface area contributed by atoms with E-state index in [9.17, 15) is 9.59 Å². The number of carbonyl (C=O) groups excluding carboxylic acids is 2. The standard InChI is InChI=1S/C15H17BrN2O3/c1-3-8-21-14(19)12-9(2)17-15(20)18-13(12)10-4-6-11(16)7-5-10/h4-7,13H,3,8H2,1-2H3,(H2,17,18,20)/t13-/m1/s1. The maximum absolute atomic E-state index is 12.2. The molecule has 1 aromatic rings. The predicted octanol–water partition coefficient (Wildman–Crippen LogP) is 3.03. The summed E-state index contributed by atoms with van der Waals surface area (Å²) < 4.78 is 6.15. The number of halogens is 1. The van der Waals surface area contributed by atoms with Gasteiger partial charge in [-0.1, -0.05) is 35.0 Å². The Morgan fingerprint density at radius 3 is 2.62 bits per heavy atom. The largest absolute Gasteiger partial charge is 0.462 e. The van der Waals surface area contributed by atoms with E-state index in [2.05, 4.69) is 26.6 Å². The van der Waals surface area contributed by atoms with Crippen molar-refractivity contribution in [2.75, 3.05) is 6.61 Å². The van der Waals surface area contributed by atoms with Crippen molar-refractivity contribution in [3.63, 3.8) is 0 Å². The van der Waals surface area contributed by atoms with Crippen LogP contribution in [0.25, 0.3) is 0 Å². The maximum atomic E-state index is 12.2. The molecule has 21 heavy (non-hydrogen) atoms. The van der Waals surface area contributed by atoms with Crippen LogP contribution in [0.3, 0.4) is 0 Å². The van der Waals surface area contributed by atoms with Crippen molar-refractivity contribution in [1.82, 2.24) is 10.6 Å². The fourth-order valence-corrected chi connectivity index (χ4v) is 2.41. The van der Waals surface area contributed by atoms with Gasteiger partial charge in [0.2, 0.25) is 0 Å². The van der Waals surface area contributed by atoms with E-state index < -0.39 is 12.0 Å². The van der Waals surface area contributed by atoms with Crippen LogP contribution in [-0.2, 0) is 9.53 Å². The van der Waals surface area contributed by atoms with Crippen LogP contribution in [0.2, 0.25) is 0 Å². The zero-order valence-corrected chi connectivity index (χ0v) is 13.5. The van der Waals surface area contributed by atoms with Gasteiger partial charge in [0.15, 0.2) is 0 Å². The first-order valence-electron chi connectivity index (χ1n) is 6.73. The molecule has 0 bridgehead atoms. The molecule has 112 valence electrons. The molecule has 2 N–H and O–H groups in total. The zero-order chi connectivity index (χ0) is 15.4. The maximum Gasteiger partial charge on any atom is 0.338 e. The number of benzene rings is 1. The second kappa shape index (κ2) is 6.76.